The lowest BCUT2D eigenvalue weighted by Gasteiger charge is -2.23. The van der Waals surface area contributed by atoms with Gasteiger partial charge in [-0.05, 0) is 55.5 Å². The number of carbonyl (C=O) groups excluding carboxylic acids is 2. The van der Waals surface area contributed by atoms with E-state index >= 15 is 0 Å². The number of rotatable bonds is 7. The molecule has 1 heterocycles. The molecule has 0 aromatic heterocycles. The number of hydrogen-bond acceptors (Lipinski definition) is 5. The number of hydrogen-bond donors (Lipinski definition) is 1. The molecule has 2 aromatic carbocycles. The monoisotopic (exact) mass is 408 g/mol. The predicted octanol–water partition coefficient (Wildman–Crippen LogP) is 3.10. The zero-order valence-electron chi connectivity index (χ0n) is 16.6. The van der Waals surface area contributed by atoms with Crippen LogP contribution in [0.5, 0.6) is 0 Å². The van der Waals surface area contributed by atoms with Gasteiger partial charge >= 0.3 is 0 Å². The number of nitrogens with two attached hydrogens (primary N) is 1. The van der Waals surface area contributed by atoms with E-state index in [0.29, 0.717) is 23.4 Å². The summed E-state index contributed by atoms with van der Waals surface area (Å²) in [6.45, 7) is 1.97. The average Bonchev–Trinajstić information content (AvgIpc) is 3.44. The van der Waals surface area contributed by atoms with Gasteiger partial charge in [0.2, 0.25) is 5.91 Å². The summed E-state index contributed by atoms with van der Waals surface area (Å²) in [5, 5.41) is 11.7. The van der Waals surface area contributed by atoms with Gasteiger partial charge in [-0.3, -0.25) is 19.7 Å². The number of nitro groups is 1. The first-order valence-electron chi connectivity index (χ1n) is 10.2. The summed E-state index contributed by atoms with van der Waals surface area (Å²) in [5.41, 5.74) is 7.45. The Bertz CT molecular complexity index is 979. The van der Waals surface area contributed by atoms with Crippen molar-refractivity contribution in [2.45, 2.75) is 38.3 Å². The third-order valence-corrected chi connectivity index (χ3v) is 5.71. The highest BCUT2D eigenvalue weighted by Gasteiger charge is 2.34. The number of amides is 2. The molecular weight excluding hydrogens is 384 g/mol. The lowest BCUT2D eigenvalue weighted by Crippen LogP contribution is -2.32. The minimum atomic E-state index is -0.498. The van der Waals surface area contributed by atoms with Crippen LogP contribution in [0, 0.1) is 10.1 Å². The number of anilines is 1. The maximum Gasteiger partial charge on any atom is 0.293 e. The van der Waals surface area contributed by atoms with E-state index in [-0.39, 0.29) is 17.6 Å². The molecule has 2 aliphatic rings. The van der Waals surface area contributed by atoms with Gasteiger partial charge in [0, 0.05) is 42.9 Å². The molecule has 2 amide bonds. The van der Waals surface area contributed by atoms with E-state index in [1.54, 1.807) is 41.3 Å². The summed E-state index contributed by atoms with van der Waals surface area (Å²) in [7, 11) is 0. The van der Waals surface area contributed by atoms with Gasteiger partial charge < -0.3 is 15.5 Å². The highest BCUT2D eigenvalue weighted by molar-refractivity contribution is 5.96. The summed E-state index contributed by atoms with van der Waals surface area (Å²) in [6.07, 6.45) is 3.86. The third-order valence-electron chi connectivity index (χ3n) is 5.71. The Morgan fingerprint density at radius 3 is 2.27 bits per heavy atom. The van der Waals surface area contributed by atoms with Crippen LogP contribution in [0.1, 0.15) is 52.0 Å². The fourth-order valence-corrected chi connectivity index (χ4v) is 3.92. The quantitative estimate of drug-likeness (QED) is 0.559. The zero-order valence-corrected chi connectivity index (χ0v) is 16.6. The molecule has 2 aromatic rings. The highest BCUT2D eigenvalue weighted by atomic mass is 16.6. The normalized spacial score (nSPS) is 15.8. The molecule has 8 nitrogen and oxygen atoms in total. The van der Waals surface area contributed by atoms with Crippen LogP contribution >= 0.6 is 0 Å². The molecule has 1 aliphatic carbocycles. The fourth-order valence-electron chi connectivity index (χ4n) is 3.92. The molecule has 1 saturated carbocycles. The van der Waals surface area contributed by atoms with Crippen molar-refractivity contribution in [1.29, 1.82) is 0 Å². The van der Waals surface area contributed by atoms with Crippen molar-refractivity contribution in [1.82, 2.24) is 4.90 Å². The summed E-state index contributed by atoms with van der Waals surface area (Å²) in [5.74, 6) is -0.713. The van der Waals surface area contributed by atoms with Crippen molar-refractivity contribution in [2.24, 2.45) is 5.73 Å². The van der Waals surface area contributed by atoms with Crippen molar-refractivity contribution >= 4 is 23.2 Å². The Hall–Kier alpha value is -3.42. The number of benzene rings is 2. The predicted molar refractivity (Wildman–Crippen MR) is 112 cm³/mol. The van der Waals surface area contributed by atoms with Crippen molar-refractivity contribution in [3.63, 3.8) is 0 Å². The largest absolute Gasteiger partial charge is 0.366 e. The van der Waals surface area contributed by atoms with Crippen LogP contribution in [0.15, 0.2) is 42.5 Å². The van der Waals surface area contributed by atoms with Crippen molar-refractivity contribution < 1.29 is 14.5 Å². The molecule has 0 unspecified atom stereocenters. The minimum absolute atomic E-state index is 0.0238. The van der Waals surface area contributed by atoms with Gasteiger partial charge in [-0.25, -0.2) is 0 Å². The van der Waals surface area contributed by atoms with Gasteiger partial charge in [0.25, 0.3) is 11.6 Å². The van der Waals surface area contributed by atoms with Crippen LogP contribution in [0.2, 0.25) is 0 Å². The second-order valence-electron chi connectivity index (χ2n) is 7.88. The van der Waals surface area contributed by atoms with Crippen LogP contribution in [0.3, 0.4) is 0 Å². The first-order valence-corrected chi connectivity index (χ1v) is 10.2. The lowest BCUT2D eigenvalue weighted by molar-refractivity contribution is -0.384. The van der Waals surface area contributed by atoms with Crippen molar-refractivity contribution in [3.8, 4) is 0 Å². The third kappa shape index (κ3) is 4.12. The molecule has 4 rings (SSSR count). The zero-order chi connectivity index (χ0) is 21.3. The van der Waals surface area contributed by atoms with E-state index in [1.165, 1.54) is 6.07 Å². The van der Waals surface area contributed by atoms with E-state index in [2.05, 4.69) is 0 Å². The second-order valence-corrected chi connectivity index (χ2v) is 7.88. The topological polar surface area (TPSA) is 110 Å². The maximum atomic E-state index is 13.2. The van der Waals surface area contributed by atoms with Gasteiger partial charge in [0.1, 0.15) is 5.69 Å². The summed E-state index contributed by atoms with van der Waals surface area (Å²) in [4.78, 5) is 39.5. The van der Waals surface area contributed by atoms with Gasteiger partial charge in [0.05, 0.1) is 4.92 Å². The van der Waals surface area contributed by atoms with Crippen LogP contribution in [-0.4, -0.2) is 40.8 Å². The maximum absolute atomic E-state index is 13.2. The van der Waals surface area contributed by atoms with Crippen LogP contribution in [0.25, 0.3) is 0 Å². The summed E-state index contributed by atoms with van der Waals surface area (Å²) < 4.78 is 0. The standard InChI is InChI=1S/C22H24N4O4/c23-21(27)16-5-3-15(4-6-16)14-25(18-8-9-18)22(28)17-7-10-19(20(13-17)26(29)30)24-11-1-2-12-24/h3-7,10,13,18H,1-2,8-9,11-12,14H2,(H2,23,27). The highest BCUT2D eigenvalue weighted by Crippen LogP contribution is 2.34. The molecule has 0 bridgehead atoms. The smallest absolute Gasteiger partial charge is 0.293 e. The molecule has 1 saturated heterocycles. The van der Waals surface area contributed by atoms with E-state index in [9.17, 15) is 19.7 Å². The van der Waals surface area contributed by atoms with Crippen LogP contribution in [-0.2, 0) is 6.54 Å². The first kappa shape index (κ1) is 19.9. The van der Waals surface area contributed by atoms with E-state index in [4.69, 9.17) is 5.73 Å². The van der Waals surface area contributed by atoms with Gasteiger partial charge in [-0.2, -0.15) is 0 Å². The van der Waals surface area contributed by atoms with Gasteiger partial charge in [-0.1, -0.05) is 12.1 Å². The average molecular weight is 408 g/mol. The molecule has 156 valence electrons. The lowest BCUT2D eigenvalue weighted by atomic mass is 10.1. The molecule has 0 radical (unpaired) electrons. The molecule has 0 spiro atoms. The Labute approximate surface area is 174 Å². The van der Waals surface area contributed by atoms with Gasteiger partial charge in [0.15, 0.2) is 0 Å². The Balaban J connectivity index is 1.58. The second kappa shape index (κ2) is 8.14. The molecule has 2 fully saturated rings. The molecule has 0 atom stereocenters. The summed E-state index contributed by atoms with van der Waals surface area (Å²) in [6, 6.07) is 11.8. The molecular formula is C22H24N4O4. The number of primary amides is 1. The van der Waals surface area contributed by atoms with Crippen molar-refractivity contribution in [2.75, 3.05) is 18.0 Å². The van der Waals surface area contributed by atoms with Crippen LogP contribution in [0.4, 0.5) is 11.4 Å². The summed E-state index contributed by atoms with van der Waals surface area (Å²) >= 11 is 0. The van der Waals surface area contributed by atoms with E-state index in [1.807, 2.05) is 4.90 Å². The van der Waals surface area contributed by atoms with E-state index in [0.717, 1.165) is 44.3 Å². The van der Waals surface area contributed by atoms with Gasteiger partial charge in [-0.15, -0.1) is 0 Å². The number of nitrogens with zero attached hydrogens (tertiary/aromatic N) is 3. The van der Waals surface area contributed by atoms with E-state index < -0.39 is 10.8 Å². The molecule has 1 aliphatic heterocycles. The van der Waals surface area contributed by atoms with Crippen molar-refractivity contribution in [3.05, 3.63) is 69.3 Å². The Morgan fingerprint density at radius 2 is 1.70 bits per heavy atom. The number of nitro benzene ring substituents is 1. The minimum Gasteiger partial charge on any atom is -0.366 e. The Kier molecular flexibility index (Phi) is 5.39. The fraction of sp³-hybridized carbons (Fsp3) is 0.364. The SMILES string of the molecule is NC(=O)c1ccc(CN(C(=O)c2ccc(N3CCCC3)c([N+](=O)[O-])c2)C2CC2)cc1. The first-order chi connectivity index (χ1) is 14.4. The molecule has 2 N–H and O–H groups in total. The Morgan fingerprint density at radius 1 is 1.07 bits per heavy atom. The molecule has 8 heteroatoms. The molecule has 30 heavy (non-hydrogen) atoms. The van der Waals surface area contributed by atoms with Crippen LogP contribution < -0.4 is 10.6 Å². The number of carbonyl (C=O) groups is 2.